The van der Waals surface area contributed by atoms with Crippen molar-refractivity contribution in [2.24, 2.45) is 5.73 Å². The van der Waals surface area contributed by atoms with Gasteiger partial charge in [-0.2, -0.15) is 0 Å². The molecule has 3 N–H and O–H groups in total. The number of benzene rings is 1. The summed E-state index contributed by atoms with van der Waals surface area (Å²) >= 11 is 0. The van der Waals surface area contributed by atoms with Crippen molar-refractivity contribution in [3.05, 3.63) is 30.0 Å². The quantitative estimate of drug-likeness (QED) is 0.499. The van der Waals surface area contributed by atoms with Gasteiger partial charge < -0.3 is 34.9 Å². The number of halogens is 2. The molecule has 0 aliphatic carbocycles. The van der Waals surface area contributed by atoms with Gasteiger partial charge in [-0.25, -0.2) is 23.7 Å². The largest absolute Gasteiger partial charge is 0.494 e. The monoisotopic (exact) mass is 502 g/mol. The first-order chi connectivity index (χ1) is 17.4. The lowest BCUT2D eigenvalue weighted by Gasteiger charge is -2.39. The molecule has 2 aromatic heterocycles. The smallest absolute Gasteiger partial charge is 0.223 e. The van der Waals surface area contributed by atoms with Gasteiger partial charge in [-0.15, -0.1) is 0 Å². The zero-order valence-electron chi connectivity index (χ0n) is 20.3. The predicted molar refractivity (Wildman–Crippen MR) is 130 cm³/mol. The summed E-state index contributed by atoms with van der Waals surface area (Å²) in [6, 6.07) is 2.48. The highest BCUT2D eigenvalue weighted by Crippen LogP contribution is 2.39. The minimum absolute atomic E-state index is 0.0210. The Morgan fingerprint density at radius 2 is 1.81 bits per heavy atom. The van der Waals surface area contributed by atoms with Gasteiger partial charge in [0.2, 0.25) is 5.95 Å². The fourth-order valence-corrected chi connectivity index (χ4v) is 4.38. The van der Waals surface area contributed by atoms with Gasteiger partial charge in [0.15, 0.2) is 29.0 Å². The van der Waals surface area contributed by atoms with Gasteiger partial charge in [-0.05, 0) is 12.5 Å². The maximum Gasteiger partial charge on any atom is 0.223 e. The van der Waals surface area contributed by atoms with Gasteiger partial charge in [0.1, 0.15) is 5.52 Å². The Hall–Kier alpha value is -3.35. The third-order valence-corrected chi connectivity index (χ3v) is 6.58. The molecule has 0 bridgehead atoms. The molecule has 4 heterocycles. The van der Waals surface area contributed by atoms with Crippen LogP contribution in [0.4, 0.5) is 20.5 Å². The summed E-state index contributed by atoms with van der Waals surface area (Å²) in [5, 5.41) is 3.80. The SMILES string of the molecule is COc1cc(OC)c(F)c(-c2cc3cnc(N[C@@H]4COCC[C@@H]4N)nc3c(N3CC(OC)C3)n2)c1F. The second-order valence-electron chi connectivity index (χ2n) is 8.79. The van der Waals surface area contributed by atoms with E-state index in [-0.39, 0.29) is 40.9 Å². The van der Waals surface area contributed by atoms with E-state index in [0.717, 1.165) is 12.5 Å². The lowest BCUT2D eigenvalue weighted by molar-refractivity contribution is 0.0766. The van der Waals surface area contributed by atoms with E-state index in [9.17, 15) is 0 Å². The average Bonchev–Trinajstić information content (AvgIpc) is 2.85. The minimum Gasteiger partial charge on any atom is -0.494 e. The van der Waals surface area contributed by atoms with Crippen molar-refractivity contribution in [3.63, 3.8) is 0 Å². The first-order valence-corrected chi connectivity index (χ1v) is 11.6. The number of aromatic nitrogens is 3. The third-order valence-electron chi connectivity index (χ3n) is 6.58. The maximum atomic E-state index is 15.3. The summed E-state index contributed by atoms with van der Waals surface area (Å²) in [6.07, 6.45) is 2.34. The van der Waals surface area contributed by atoms with Gasteiger partial charge in [0.05, 0.1) is 44.2 Å². The second kappa shape index (κ2) is 9.96. The number of nitrogens with one attached hydrogen (secondary N) is 1. The molecule has 2 aliphatic heterocycles. The molecule has 0 saturated carbocycles. The molecular formula is C24H28F2N6O4. The number of anilines is 2. The summed E-state index contributed by atoms with van der Waals surface area (Å²) in [7, 11) is 4.24. The van der Waals surface area contributed by atoms with E-state index in [2.05, 4.69) is 20.3 Å². The summed E-state index contributed by atoms with van der Waals surface area (Å²) in [4.78, 5) is 15.7. The molecule has 5 rings (SSSR count). The first kappa shape index (κ1) is 24.3. The Morgan fingerprint density at radius 3 is 2.44 bits per heavy atom. The normalized spacial score (nSPS) is 20.3. The van der Waals surface area contributed by atoms with Crippen LogP contribution in [0.2, 0.25) is 0 Å². The number of hydrogen-bond acceptors (Lipinski definition) is 10. The predicted octanol–water partition coefficient (Wildman–Crippen LogP) is 2.35. The van der Waals surface area contributed by atoms with Crippen LogP contribution < -0.4 is 25.4 Å². The van der Waals surface area contributed by atoms with Crippen molar-refractivity contribution >= 4 is 22.7 Å². The van der Waals surface area contributed by atoms with Crippen LogP contribution in [-0.4, -0.2) is 80.8 Å². The molecule has 10 nitrogen and oxygen atoms in total. The van der Waals surface area contributed by atoms with Crippen LogP contribution in [-0.2, 0) is 9.47 Å². The van der Waals surface area contributed by atoms with Crippen molar-refractivity contribution in [2.45, 2.75) is 24.6 Å². The molecule has 0 spiro atoms. The highest BCUT2D eigenvalue weighted by molar-refractivity contribution is 5.92. The van der Waals surface area contributed by atoms with Crippen LogP contribution in [0, 0.1) is 11.6 Å². The molecule has 192 valence electrons. The lowest BCUT2D eigenvalue weighted by Crippen LogP contribution is -2.52. The molecule has 0 radical (unpaired) electrons. The van der Waals surface area contributed by atoms with Crippen molar-refractivity contribution in [1.29, 1.82) is 0 Å². The Bertz CT molecular complexity index is 1250. The molecular weight excluding hydrogens is 474 g/mol. The summed E-state index contributed by atoms with van der Waals surface area (Å²) in [5.74, 6) is -1.23. The van der Waals surface area contributed by atoms with Crippen LogP contribution in [0.5, 0.6) is 11.5 Å². The number of nitrogens with zero attached hydrogens (tertiary/aromatic N) is 4. The number of methoxy groups -OCH3 is 3. The van der Waals surface area contributed by atoms with Crippen LogP contribution in [0.1, 0.15) is 6.42 Å². The molecule has 1 aromatic carbocycles. The van der Waals surface area contributed by atoms with Crippen molar-refractivity contribution in [2.75, 3.05) is 57.8 Å². The standard InChI is InChI=1S/C24H28F2N6O4/c1-33-13-9-32(10-13)23-22-12(8-28-24(31-22)30-16-11-36-5-4-14(16)27)6-15(29-23)19-20(25)17(34-2)7-18(35-3)21(19)26/h6-8,13-14,16H,4-5,9-11,27H2,1-3H3,(H,28,30,31)/t14-,16+/m0/s1. The average molecular weight is 503 g/mol. The summed E-state index contributed by atoms with van der Waals surface area (Å²) in [6.45, 7) is 2.18. The van der Waals surface area contributed by atoms with Crippen molar-refractivity contribution in [3.8, 4) is 22.8 Å². The Balaban J connectivity index is 1.62. The topological polar surface area (TPSA) is 117 Å². The number of pyridine rings is 1. The first-order valence-electron chi connectivity index (χ1n) is 11.6. The molecule has 2 fully saturated rings. The number of nitrogens with two attached hydrogens (primary N) is 1. The van der Waals surface area contributed by atoms with Crippen LogP contribution in [0.3, 0.4) is 0 Å². The van der Waals surface area contributed by atoms with E-state index in [1.165, 1.54) is 14.2 Å². The van der Waals surface area contributed by atoms with Crippen molar-refractivity contribution < 1.29 is 27.7 Å². The minimum atomic E-state index is -0.877. The van der Waals surface area contributed by atoms with E-state index in [4.69, 9.17) is 24.7 Å². The molecule has 12 heteroatoms. The van der Waals surface area contributed by atoms with Gasteiger partial charge in [0.25, 0.3) is 0 Å². The van der Waals surface area contributed by atoms with Crippen LogP contribution in [0.25, 0.3) is 22.2 Å². The van der Waals surface area contributed by atoms with Crippen LogP contribution >= 0.6 is 0 Å². The second-order valence-corrected chi connectivity index (χ2v) is 8.79. The van der Waals surface area contributed by atoms with E-state index >= 15 is 8.78 Å². The molecule has 0 amide bonds. The van der Waals surface area contributed by atoms with Crippen LogP contribution in [0.15, 0.2) is 18.3 Å². The van der Waals surface area contributed by atoms with Crippen molar-refractivity contribution in [1.82, 2.24) is 15.0 Å². The van der Waals surface area contributed by atoms with E-state index < -0.39 is 11.6 Å². The number of hydrogen-bond donors (Lipinski definition) is 2. The fourth-order valence-electron chi connectivity index (χ4n) is 4.38. The van der Waals surface area contributed by atoms with E-state index in [0.29, 0.717) is 49.0 Å². The van der Waals surface area contributed by atoms with E-state index in [1.807, 2.05) is 4.90 Å². The third kappa shape index (κ3) is 4.36. The molecule has 0 unspecified atom stereocenters. The highest BCUT2D eigenvalue weighted by atomic mass is 19.1. The zero-order valence-corrected chi connectivity index (χ0v) is 20.3. The van der Waals surface area contributed by atoms with Gasteiger partial charge in [0, 0.05) is 50.5 Å². The molecule has 2 aliphatic rings. The zero-order chi connectivity index (χ0) is 25.4. The van der Waals surface area contributed by atoms with Gasteiger partial charge in [-0.1, -0.05) is 0 Å². The Morgan fingerprint density at radius 1 is 1.08 bits per heavy atom. The number of fused-ring (bicyclic) bond motifs is 1. The summed E-state index contributed by atoms with van der Waals surface area (Å²) < 4.78 is 51.7. The Labute approximate surface area is 206 Å². The molecule has 2 saturated heterocycles. The van der Waals surface area contributed by atoms with Gasteiger partial charge >= 0.3 is 0 Å². The molecule has 3 aromatic rings. The number of ether oxygens (including phenoxy) is 4. The van der Waals surface area contributed by atoms with E-state index in [1.54, 1.807) is 19.4 Å². The Kier molecular flexibility index (Phi) is 6.73. The molecule has 2 atom stereocenters. The maximum absolute atomic E-state index is 15.3. The fraction of sp³-hybridized carbons (Fsp3) is 0.458. The lowest BCUT2D eigenvalue weighted by atomic mass is 10.0. The highest BCUT2D eigenvalue weighted by Gasteiger charge is 2.31. The summed E-state index contributed by atoms with van der Waals surface area (Å²) in [5.41, 5.74) is 6.46. The number of rotatable bonds is 7. The molecule has 36 heavy (non-hydrogen) atoms. The van der Waals surface area contributed by atoms with Gasteiger partial charge in [-0.3, -0.25) is 0 Å².